The van der Waals surface area contributed by atoms with Gasteiger partial charge in [0.15, 0.2) is 0 Å². The molecule has 0 saturated heterocycles. The van der Waals surface area contributed by atoms with Crippen LogP contribution >= 0.6 is 11.6 Å². The monoisotopic (exact) mass is 306 g/mol. The van der Waals surface area contributed by atoms with Gasteiger partial charge in [-0.1, -0.05) is 11.6 Å². The van der Waals surface area contributed by atoms with Crippen molar-refractivity contribution in [3.05, 3.63) is 46.7 Å². The van der Waals surface area contributed by atoms with Crippen LogP contribution in [-0.4, -0.2) is 34.2 Å². The van der Waals surface area contributed by atoms with Crippen molar-refractivity contribution < 1.29 is 4.79 Å². The van der Waals surface area contributed by atoms with E-state index in [1.54, 1.807) is 35.0 Å². The zero-order chi connectivity index (χ0) is 15.4. The molecule has 0 spiro atoms. The largest absolute Gasteiger partial charge is 0.385 e. The number of amides is 1. The third-order valence-corrected chi connectivity index (χ3v) is 3.34. The Balaban J connectivity index is 2.20. The number of hydrogen-bond donors (Lipinski definition) is 1. The van der Waals surface area contributed by atoms with Crippen molar-refractivity contribution in [2.24, 2.45) is 7.05 Å². The third kappa shape index (κ3) is 3.76. The molecule has 21 heavy (non-hydrogen) atoms. The fraction of sp³-hybridized carbons (Fsp3) is 0.333. The lowest BCUT2D eigenvalue weighted by Gasteiger charge is -2.19. The Morgan fingerprint density at radius 1 is 1.48 bits per heavy atom. The van der Waals surface area contributed by atoms with E-state index >= 15 is 0 Å². The van der Waals surface area contributed by atoms with Crippen molar-refractivity contribution in [1.82, 2.24) is 14.7 Å². The van der Waals surface area contributed by atoms with Gasteiger partial charge in [-0.05, 0) is 25.1 Å². The summed E-state index contributed by atoms with van der Waals surface area (Å²) in [4.78, 5) is 14.3. The summed E-state index contributed by atoms with van der Waals surface area (Å²) in [5.41, 5.74) is 2.36. The molecule has 0 fully saturated rings. The standard InChI is InChI=1S/C15H19ClN4O/c1-4-17-14-6-5-12(16)7-13(14)15(21)19(2)9-11-8-18-20(3)10-11/h5-8,10,17H,4,9H2,1-3H3. The summed E-state index contributed by atoms with van der Waals surface area (Å²) < 4.78 is 1.72. The molecule has 0 atom stereocenters. The van der Waals surface area contributed by atoms with E-state index < -0.39 is 0 Å². The molecule has 0 aliphatic carbocycles. The van der Waals surface area contributed by atoms with E-state index in [0.29, 0.717) is 17.1 Å². The zero-order valence-corrected chi connectivity index (χ0v) is 13.2. The van der Waals surface area contributed by atoms with E-state index in [1.807, 2.05) is 26.2 Å². The van der Waals surface area contributed by atoms with Gasteiger partial charge in [0.2, 0.25) is 0 Å². The van der Waals surface area contributed by atoms with E-state index in [4.69, 9.17) is 11.6 Å². The van der Waals surface area contributed by atoms with Crippen molar-refractivity contribution in [3.63, 3.8) is 0 Å². The van der Waals surface area contributed by atoms with Crippen LogP contribution in [0.4, 0.5) is 5.69 Å². The molecule has 1 heterocycles. The highest BCUT2D eigenvalue weighted by Gasteiger charge is 2.17. The highest BCUT2D eigenvalue weighted by atomic mass is 35.5. The summed E-state index contributed by atoms with van der Waals surface area (Å²) in [7, 11) is 3.62. The van der Waals surface area contributed by atoms with Crippen molar-refractivity contribution in [2.45, 2.75) is 13.5 Å². The second-order valence-electron chi connectivity index (χ2n) is 4.90. The van der Waals surface area contributed by atoms with Crippen LogP contribution in [0.3, 0.4) is 0 Å². The van der Waals surface area contributed by atoms with Crippen LogP contribution in [0.25, 0.3) is 0 Å². The molecule has 0 bridgehead atoms. The molecular weight excluding hydrogens is 288 g/mol. The molecule has 0 aliphatic heterocycles. The first kappa shape index (κ1) is 15.4. The number of nitrogens with zero attached hydrogens (tertiary/aromatic N) is 3. The number of rotatable bonds is 5. The van der Waals surface area contributed by atoms with Crippen LogP contribution in [0.15, 0.2) is 30.6 Å². The Morgan fingerprint density at radius 3 is 2.86 bits per heavy atom. The molecule has 1 aromatic carbocycles. The smallest absolute Gasteiger partial charge is 0.256 e. The molecular formula is C15H19ClN4O. The Kier molecular flexibility index (Phi) is 4.85. The lowest BCUT2D eigenvalue weighted by molar-refractivity contribution is 0.0786. The van der Waals surface area contributed by atoms with Crippen LogP contribution < -0.4 is 5.32 Å². The summed E-state index contributed by atoms with van der Waals surface area (Å²) in [6, 6.07) is 5.30. The first-order chi connectivity index (χ1) is 10.0. The quantitative estimate of drug-likeness (QED) is 0.924. The number of aryl methyl sites for hydroxylation is 1. The van der Waals surface area contributed by atoms with Crippen molar-refractivity contribution in [1.29, 1.82) is 0 Å². The number of aromatic nitrogens is 2. The molecule has 0 radical (unpaired) electrons. The number of anilines is 1. The molecule has 6 heteroatoms. The maximum Gasteiger partial charge on any atom is 0.256 e. The first-order valence-corrected chi connectivity index (χ1v) is 7.15. The molecule has 2 aromatic rings. The summed E-state index contributed by atoms with van der Waals surface area (Å²) in [6.07, 6.45) is 3.65. The summed E-state index contributed by atoms with van der Waals surface area (Å²) in [6.45, 7) is 3.24. The van der Waals surface area contributed by atoms with E-state index in [0.717, 1.165) is 17.8 Å². The van der Waals surface area contributed by atoms with Crippen LogP contribution in [0, 0.1) is 0 Å². The normalized spacial score (nSPS) is 10.5. The van der Waals surface area contributed by atoms with E-state index in [9.17, 15) is 4.79 Å². The molecule has 5 nitrogen and oxygen atoms in total. The summed E-state index contributed by atoms with van der Waals surface area (Å²) >= 11 is 6.02. The Morgan fingerprint density at radius 2 is 2.24 bits per heavy atom. The van der Waals surface area contributed by atoms with Crippen molar-refractivity contribution in [2.75, 3.05) is 18.9 Å². The van der Waals surface area contributed by atoms with Gasteiger partial charge < -0.3 is 10.2 Å². The van der Waals surface area contributed by atoms with Crippen LogP contribution in [0.5, 0.6) is 0 Å². The summed E-state index contributed by atoms with van der Waals surface area (Å²) in [5, 5.41) is 7.84. The Bertz CT molecular complexity index is 638. The highest BCUT2D eigenvalue weighted by Crippen LogP contribution is 2.22. The number of halogens is 1. The van der Waals surface area contributed by atoms with Gasteiger partial charge in [-0.2, -0.15) is 5.10 Å². The molecule has 2 rings (SSSR count). The minimum absolute atomic E-state index is 0.0719. The molecule has 0 aliphatic rings. The number of hydrogen-bond acceptors (Lipinski definition) is 3. The first-order valence-electron chi connectivity index (χ1n) is 6.77. The van der Waals surface area contributed by atoms with E-state index in [1.165, 1.54) is 0 Å². The average molecular weight is 307 g/mol. The molecule has 0 saturated carbocycles. The average Bonchev–Trinajstić information content (AvgIpc) is 2.85. The van der Waals surface area contributed by atoms with Crippen LogP contribution in [0.1, 0.15) is 22.8 Å². The lowest BCUT2D eigenvalue weighted by atomic mass is 10.1. The predicted molar refractivity (Wildman–Crippen MR) is 84.6 cm³/mol. The van der Waals surface area contributed by atoms with Gasteiger partial charge in [0.1, 0.15) is 0 Å². The minimum atomic E-state index is -0.0719. The molecule has 1 amide bonds. The number of nitrogens with one attached hydrogen (secondary N) is 1. The van der Waals surface area contributed by atoms with Gasteiger partial charge in [0.05, 0.1) is 11.8 Å². The van der Waals surface area contributed by atoms with Gasteiger partial charge in [0, 0.05) is 49.7 Å². The fourth-order valence-electron chi connectivity index (χ4n) is 2.14. The second-order valence-corrected chi connectivity index (χ2v) is 5.34. The molecule has 112 valence electrons. The minimum Gasteiger partial charge on any atom is -0.385 e. The van der Waals surface area contributed by atoms with E-state index in [2.05, 4.69) is 10.4 Å². The van der Waals surface area contributed by atoms with Gasteiger partial charge in [-0.15, -0.1) is 0 Å². The maximum absolute atomic E-state index is 12.6. The van der Waals surface area contributed by atoms with Crippen LogP contribution in [0.2, 0.25) is 5.02 Å². The number of carbonyl (C=O) groups excluding carboxylic acids is 1. The van der Waals surface area contributed by atoms with Gasteiger partial charge in [0.25, 0.3) is 5.91 Å². The number of carbonyl (C=O) groups is 1. The van der Waals surface area contributed by atoms with Crippen molar-refractivity contribution >= 4 is 23.2 Å². The predicted octanol–water partition coefficient (Wildman–Crippen LogP) is 2.78. The Hall–Kier alpha value is -2.01. The second kappa shape index (κ2) is 6.63. The Labute approximate surface area is 129 Å². The maximum atomic E-state index is 12.6. The zero-order valence-electron chi connectivity index (χ0n) is 12.4. The van der Waals surface area contributed by atoms with Gasteiger partial charge in [-0.3, -0.25) is 9.48 Å². The van der Waals surface area contributed by atoms with Gasteiger partial charge >= 0.3 is 0 Å². The highest BCUT2D eigenvalue weighted by molar-refractivity contribution is 6.31. The topological polar surface area (TPSA) is 50.2 Å². The molecule has 1 N–H and O–H groups in total. The third-order valence-electron chi connectivity index (χ3n) is 3.10. The lowest BCUT2D eigenvalue weighted by Crippen LogP contribution is -2.27. The fourth-order valence-corrected chi connectivity index (χ4v) is 2.31. The molecule has 0 unspecified atom stereocenters. The SMILES string of the molecule is CCNc1ccc(Cl)cc1C(=O)N(C)Cc1cnn(C)c1. The molecule has 1 aromatic heterocycles. The van der Waals surface area contributed by atoms with Crippen molar-refractivity contribution in [3.8, 4) is 0 Å². The van der Waals surface area contributed by atoms with Crippen LogP contribution in [-0.2, 0) is 13.6 Å². The van der Waals surface area contributed by atoms with Gasteiger partial charge in [-0.25, -0.2) is 0 Å². The van der Waals surface area contributed by atoms with E-state index in [-0.39, 0.29) is 5.91 Å². The number of benzene rings is 1. The summed E-state index contributed by atoms with van der Waals surface area (Å²) in [5.74, 6) is -0.0719.